The zero-order valence-corrected chi connectivity index (χ0v) is 12.8. The summed E-state index contributed by atoms with van der Waals surface area (Å²) in [5.74, 6) is 0.867. The Labute approximate surface area is 138 Å². The van der Waals surface area contributed by atoms with E-state index < -0.39 is 0 Å². The summed E-state index contributed by atoms with van der Waals surface area (Å²) in [5.41, 5.74) is 10.2. The number of halogens is 1. The highest BCUT2D eigenvalue weighted by atomic mass is 35.5. The molecule has 114 valence electrons. The fraction of sp³-hybridized carbons (Fsp3) is 0. The van der Waals surface area contributed by atoms with Crippen LogP contribution in [0, 0.1) is 0 Å². The van der Waals surface area contributed by atoms with Gasteiger partial charge in [-0.25, -0.2) is 9.97 Å². The first-order valence-electron chi connectivity index (χ1n) is 6.83. The number of hydrogen-bond acceptors (Lipinski definition) is 5. The summed E-state index contributed by atoms with van der Waals surface area (Å²) in [6.45, 7) is 0. The second-order valence-corrected chi connectivity index (χ2v) is 4.88. The zero-order valence-electron chi connectivity index (χ0n) is 12.0. The Morgan fingerprint density at radius 1 is 0.957 bits per heavy atom. The summed E-state index contributed by atoms with van der Waals surface area (Å²) in [5, 5.41) is 0. The van der Waals surface area contributed by atoms with Gasteiger partial charge in [-0.05, 0) is 35.9 Å². The summed E-state index contributed by atoms with van der Waals surface area (Å²) in [6, 6.07) is 13.4. The fourth-order valence-electron chi connectivity index (χ4n) is 2.34. The highest BCUT2D eigenvalue weighted by Gasteiger charge is 2.13. The summed E-state index contributed by atoms with van der Waals surface area (Å²) in [7, 11) is 0. The number of oxazole rings is 1. The lowest BCUT2D eigenvalue weighted by atomic mass is 10.1. The molecule has 6 heteroatoms. The average Bonchev–Trinajstić information content (AvgIpc) is 3.00. The molecule has 2 N–H and O–H groups in total. The molecule has 3 aromatic heterocycles. The number of aromatic nitrogens is 3. The molecular weight excluding hydrogens is 312 g/mol. The van der Waals surface area contributed by atoms with Crippen LogP contribution in [-0.2, 0) is 0 Å². The van der Waals surface area contributed by atoms with Crippen LogP contribution in [0.4, 0.5) is 5.82 Å². The topological polar surface area (TPSA) is 77.8 Å². The number of rotatable bonds is 2. The molecule has 23 heavy (non-hydrogen) atoms. The molecule has 0 amide bonds. The number of fused-ring (bicyclic) bond motifs is 1. The van der Waals surface area contributed by atoms with Gasteiger partial charge in [-0.3, -0.25) is 4.98 Å². The van der Waals surface area contributed by atoms with Crippen LogP contribution in [0.25, 0.3) is 33.7 Å². The first-order chi connectivity index (χ1) is 10.8. The molecule has 0 atom stereocenters. The SMILES string of the molecule is Cl.Nc1ncc(-c2ccncc2)cc1-c1nc2ccccc2o1. The minimum Gasteiger partial charge on any atom is -0.436 e. The summed E-state index contributed by atoms with van der Waals surface area (Å²) >= 11 is 0. The van der Waals surface area contributed by atoms with Crippen LogP contribution < -0.4 is 5.73 Å². The average molecular weight is 325 g/mol. The normalized spacial score (nSPS) is 10.4. The van der Waals surface area contributed by atoms with Crippen molar-refractivity contribution in [2.45, 2.75) is 0 Å². The Hall–Kier alpha value is -2.92. The molecule has 0 fully saturated rings. The van der Waals surface area contributed by atoms with E-state index in [-0.39, 0.29) is 12.4 Å². The van der Waals surface area contributed by atoms with Gasteiger partial charge in [0.15, 0.2) is 5.58 Å². The number of nitrogen functional groups attached to an aromatic ring is 1. The summed E-state index contributed by atoms with van der Waals surface area (Å²) in [4.78, 5) is 12.8. The van der Waals surface area contributed by atoms with E-state index in [1.165, 1.54) is 0 Å². The molecule has 0 spiro atoms. The van der Waals surface area contributed by atoms with E-state index in [0.29, 0.717) is 17.3 Å². The monoisotopic (exact) mass is 324 g/mol. The molecule has 5 nitrogen and oxygen atoms in total. The molecule has 0 saturated heterocycles. The van der Waals surface area contributed by atoms with Gasteiger partial charge < -0.3 is 10.2 Å². The predicted octanol–water partition coefficient (Wildman–Crippen LogP) is 3.96. The largest absolute Gasteiger partial charge is 0.436 e. The molecule has 0 aliphatic carbocycles. The lowest BCUT2D eigenvalue weighted by Gasteiger charge is -2.05. The van der Waals surface area contributed by atoms with Crippen molar-refractivity contribution in [1.29, 1.82) is 0 Å². The lowest BCUT2D eigenvalue weighted by Crippen LogP contribution is -1.95. The Bertz CT molecular complexity index is 920. The number of anilines is 1. The molecular formula is C17H13ClN4O. The number of hydrogen-bond donors (Lipinski definition) is 1. The standard InChI is InChI=1S/C17H12N4O.ClH/c18-16-13(17-21-14-3-1-2-4-15(14)22-17)9-12(10-20-16)11-5-7-19-8-6-11;/h1-10H,(H2,18,20);1H. The first kappa shape index (κ1) is 15.0. The van der Waals surface area contributed by atoms with E-state index in [2.05, 4.69) is 15.0 Å². The number of pyridine rings is 2. The number of benzene rings is 1. The van der Waals surface area contributed by atoms with Gasteiger partial charge in [-0.1, -0.05) is 12.1 Å². The maximum Gasteiger partial charge on any atom is 0.231 e. The van der Waals surface area contributed by atoms with Gasteiger partial charge in [0.2, 0.25) is 5.89 Å². The molecule has 0 aliphatic heterocycles. The van der Waals surface area contributed by atoms with Crippen LogP contribution in [0.5, 0.6) is 0 Å². The Balaban J connectivity index is 0.00000156. The zero-order chi connectivity index (χ0) is 14.9. The van der Waals surface area contributed by atoms with Crippen molar-refractivity contribution in [1.82, 2.24) is 15.0 Å². The third kappa shape index (κ3) is 2.74. The van der Waals surface area contributed by atoms with Crippen molar-refractivity contribution in [2.24, 2.45) is 0 Å². The van der Waals surface area contributed by atoms with E-state index in [1.54, 1.807) is 18.6 Å². The Morgan fingerprint density at radius 2 is 1.74 bits per heavy atom. The second-order valence-electron chi connectivity index (χ2n) is 4.88. The highest BCUT2D eigenvalue weighted by molar-refractivity contribution is 5.85. The van der Waals surface area contributed by atoms with Crippen LogP contribution in [0.15, 0.2) is 65.5 Å². The number of para-hydroxylation sites is 2. The van der Waals surface area contributed by atoms with Gasteiger partial charge >= 0.3 is 0 Å². The van der Waals surface area contributed by atoms with Gasteiger partial charge in [0.1, 0.15) is 11.3 Å². The van der Waals surface area contributed by atoms with Crippen molar-refractivity contribution in [3.05, 3.63) is 61.1 Å². The lowest BCUT2D eigenvalue weighted by molar-refractivity contribution is 0.620. The summed E-state index contributed by atoms with van der Waals surface area (Å²) < 4.78 is 5.78. The summed E-state index contributed by atoms with van der Waals surface area (Å²) in [6.07, 6.45) is 5.21. The Kier molecular flexibility index (Phi) is 3.95. The van der Waals surface area contributed by atoms with Gasteiger partial charge in [0.25, 0.3) is 0 Å². The van der Waals surface area contributed by atoms with Gasteiger partial charge in [-0.15, -0.1) is 12.4 Å². The number of nitrogens with zero attached hydrogens (tertiary/aromatic N) is 3. The molecule has 0 saturated carbocycles. The molecule has 4 aromatic rings. The van der Waals surface area contributed by atoms with Crippen LogP contribution in [0.2, 0.25) is 0 Å². The van der Waals surface area contributed by atoms with Gasteiger partial charge in [0.05, 0.1) is 5.56 Å². The van der Waals surface area contributed by atoms with Crippen molar-refractivity contribution < 1.29 is 4.42 Å². The van der Waals surface area contributed by atoms with E-state index >= 15 is 0 Å². The molecule has 0 radical (unpaired) electrons. The van der Waals surface area contributed by atoms with Crippen molar-refractivity contribution in [3.8, 4) is 22.6 Å². The minimum absolute atomic E-state index is 0. The molecule has 3 heterocycles. The van der Waals surface area contributed by atoms with E-state index in [0.717, 1.165) is 22.2 Å². The van der Waals surface area contributed by atoms with Gasteiger partial charge in [-0.2, -0.15) is 0 Å². The smallest absolute Gasteiger partial charge is 0.231 e. The molecule has 0 bridgehead atoms. The maximum absolute atomic E-state index is 6.00. The van der Waals surface area contributed by atoms with E-state index in [4.69, 9.17) is 10.2 Å². The highest BCUT2D eigenvalue weighted by Crippen LogP contribution is 2.30. The van der Waals surface area contributed by atoms with Crippen molar-refractivity contribution in [2.75, 3.05) is 5.73 Å². The molecule has 1 aromatic carbocycles. The van der Waals surface area contributed by atoms with E-state index in [1.807, 2.05) is 42.5 Å². The quantitative estimate of drug-likeness (QED) is 0.604. The van der Waals surface area contributed by atoms with Gasteiger partial charge in [0, 0.05) is 24.2 Å². The maximum atomic E-state index is 6.00. The Morgan fingerprint density at radius 3 is 2.52 bits per heavy atom. The molecule has 0 unspecified atom stereocenters. The fourth-order valence-corrected chi connectivity index (χ4v) is 2.34. The molecule has 0 aliphatic rings. The second kappa shape index (κ2) is 6.06. The minimum atomic E-state index is 0. The first-order valence-corrected chi connectivity index (χ1v) is 6.83. The van der Waals surface area contributed by atoms with Crippen LogP contribution >= 0.6 is 12.4 Å². The number of nitrogens with two attached hydrogens (primary N) is 1. The van der Waals surface area contributed by atoms with Crippen LogP contribution in [0.1, 0.15) is 0 Å². The predicted molar refractivity (Wildman–Crippen MR) is 92.1 cm³/mol. The van der Waals surface area contributed by atoms with Crippen LogP contribution in [0.3, 0.4) is 0 Å². The van der Waals surface area contributed by atoms with Crippen LogP contribution in [-0.4, -0.2) is 15.0 Å². The van der Waals surface area contributed by atoms with Crippen molar-refractivity contribution >= 4 is 29.3 Å². The van der Waals surface area contributed by atoms with Crippen molar-refractivity contribution in [3.63, 3.8) is 0 Å². The third-order valence-electron chi connectivity index (χ3n) is 3.46. The van der Waals surface area contributed by atoms with E-state index in [9.17, 15) is 0 Å². The third-order valence-corrected chi connectivity index (χ3v) is 3.46. The molecule has 4 rings (SSSR count).